The lowest BCUT2D eigenvalue weighted by atomic mass is 9.90. The van der Waals surface area contributed by atoms with E-state index in [4.69, 9.17) is 14.2 Å². The molecular formula is C35H42N2O6. The number of aliphatic hydroxyl groups excluding tert-OH is 1. The Morgan fingerprint density at radius 1 is 1.05 bits per heavy atom. The monoisotopic (exact) mass is 586 g/mol. The van der Waals surface area contributed by atoms with E-state index in [9.17, 15) is 14.7 Å². The summed E-state index contributed by atoms with van der Waals surface area (Å²) in [6.45, 7) is 10.6. The highest BCUT2D eigenvalue weighted by Crippen LogP contribution is 2.42. The van der Waals surface area contributed by atoms with Crippen LogP contribution in [0.4, 0.5) is 0 Å². The highest BCUT2D eigenvalue weighted by Gasteiger charge is 2.38. The SMILES string of the molecule is C=CCN(C)C[C@H]1O[C@@H](c2ccc(-c3ccccc3CNC(=O)[C@H](C)OC(C)=O)cc2)O[C@@H](c2ccc(CO)cc2)[C@H]1C. The average Bonchev–Trinajstić information content (AvgIpc) is 3.01. The second-order valence-electron chi connectivity index (χ2n) is 11.1. The molecule has 8 heteroatoms. The molecule has 0 spiro atoms. The first-order chi connectivity index (χ1) is 20.7. The third kappa shape index (κ3) is 8.39. The smallest absolute Gasteiger partial charge is 0.303 e. The molecule has 0 aromatic heterocycles. The van der Waals surface area contributed by atoms with Gasteiger partial charge in [0, 0.05) is 38.0 Å². The van der Waals surface area contributed by atoms with Gasteiger partial charge in [-0.15, -0.1) is 6.58 Å². The normalized spacial score (nSPS) is 20.8. The zero-order chi connectivity index (χ0) is 30.9. The topological polar surface area (TPSA) is 97.3 Å². The van der Waals surface area contributed by atoms with Crippen molar-refractivity contribution in [3.8, 4) is 11.1 Å². The van der Waals surface area contributed by atoms with Crippen LogP contribution >= 0.6 is 0 Å². The molecule has 8 nitrogen and oxygen atoms in total. The number of amides is 1. The number of hydrogen-bond donors (Lipinski definition) is 2. The van der Waals surface area contributed by atoms with Gasteiger partial charge in [0.15, 0.2) is 12.4 Å². The first-order valence-electron chi connectivity index (χ1n) is 14.6. The van der Waals surface area contributed by atoms with E-state index in [1.54, 1.807) is 6.92 Å². The van der Waals surface area contributed by atoms with Crippen molar-refractivity contribution in [1.29, 1.82) is 0 Å². The minimum Gasteiger partial charge on any atom is -0.453 e. The van der Waals surface area contributed by atoms with Gasteiger partial charge in [0.1, 0.15) is 0 Å². The lowest BCUT2D eigenvalue weighted by molar-refractivity contribution is -0.275. The second kappa shape index (κ2) is 15.1. The van der Waals surface area contributed by atoms with Crippen LogP contribution in [0.5, 0.6) is 0 Å². The Labute approximate surface area is 254 Å². The molecular weight excluding hydrogens is 544 g/mol. The number of nitrogens with zero attached hydrogens (tertiary/aromatic N) is 1. The van der Waals surface area contributed by atoms with Crippen molar-refractivity contribution in [2.24, 2.45) is 5.92 Å². The van der Waals surface area contributed by atoms with E-state index in [0.29, 0.717) is 6.54 Å². The molecule has 2 N–H and O–H groups in total. The number of aliphatic hydroxyl groups is 1. The summed E-state index contributed by atoms with van der Waals surface area (Å²) in [6, 6.07) is 23.9. The first-order valence-corrected chi connectivity index (χ1v) is 14.6. The summed E-state index contributed by atoms with van der Waals surface area (Å²) in [6.07, 6.45) is 0.192. The van der Waals surface area contributed by atoms with Crippen LogP contribution in [-0.2, 0) is 37.0 Å². The summed E-state index contributed by atoms with van der Waals surface area (Å²) >= 11 is 0. The van der Waals surface area contributed by atoms with Crippen LogP contribution in [0.2, 0.25) is 0 Å². The second-order valence-corrected chi connectivity index (χ2v) is 11.1. The van der Waals surface area contributed by atoms with Crippen molar-refractivity contribution < 1.29 is 28.9 Å². The van der Waals surface area contributed by atoms with Gasteiger partial charge in [-0.3, -0.25) is 9.59 Å². The van der Waals surface area contributed by atoms with E-state index in [1.165, 1.54) is 6.92 Å². The van der Waals surface area contributed by atoms with Crippen LogP contribution in [0.15, 0.2) is 85.5 Å². The largest absolute Gasteiger partial charge is 0.453 e. The third-order valence-electron chi connectivity index (χ3n) is 7.73. The van der Waals surface area contributed by atoms with Crippen molar-refractivity contribution in [2.75, 3.05) is 20.1 Å². The number of ether oxygens (including phenoxy) is 3. The molecule has 3 aromatic rings. The van der Waals surface area contributed by atoms with E-state index in [1.807, 2.05) is 78.9 Å². The van der Waals surface area contributed by atoms with E-state index in [0.717, 1.165) is 46.5 Å². The first kappa shape index (κ1) is 32.1. The van der Waals surface area contributed by atoms with Crippen molar-refractivity contribution in [2.45, 2.75) is 58.5 Å². The fraction of sp³-hybridized carbons (Fsp3) is 0.371. The van der Waals surface area contributed by atoms with Gasteiger partial charge >= 0.3 is 5.97 Å². The number of nitrogens with one attached hydrogen (secondary N) is 1. The van der Waals surface area contributed by atoms with Crippen LogP contribution in [0.3, 0.4) is 0 Å². The van der Waals surface area contributed by atoms with Crippen molar-refractivity contribution in [3.63, 3.8) is 0 Å². The van der Waals surface area contributed by atoms with E-state index >= 15 is 0 Å². The van der Waals surface area contributed by atoms with Gasteiger partial charge in [0.2, 0.25) is 0 Å². The minimum atomic E-state index is -0.862. The lowest BCUT2D eigenvalue weighted by Crippen LogP contribution is -2.43. The third-order valence-corrected chi connectivity index (χ3v) is 7.73. The van der Waals surface area contributed by atoms with Crippen LogP contribution in [0.25, 0.3) is 11.1 Å². The fourth-order valence-corrected chi connectivity index (χ4v) is 5.33. The predicted octanol–water partition coefficient (Wildman–Crippen LogP) is 5.32. The number of rotatable bonds is 12. The molecule has 1 amide bonds. The average molecular weight is 587 g/mol. The molecule has 0 radical (unpaired) electrons. The number of likely N-dealkylation sites (N-methyl/N-ethyl adjacent to an activating group) is 1. The maximum absolute atomic E-state index is 12.4. The standard InChI is InChI=1S/C35H42N2O6/c1-6-19-37(5)21-32-23(2)33(28-13-11-26(22-38)12-14-28)43-35(42-32)29-17-15-27(16-18-29)31-10-8-7-9-30(31)20-36-34(40)24(3)41-25(4)39/h6-18,23-24,32-33,35,38H,1,19-22H2,2-5H3,(H,36,40)/t23-,24-,32+,33+,35+/m0/s1. The molecule has 0 unspecified atom stereocenters. The zero-order valence-electron chi connectivity index (χ0n) is 25.4. The summed E-state index contributed by atoms with van der Waals surface area (Å²) in [5.41, 5.74) is 5.73. The zero-order valence-corrected chi connectivity index (χ0v) is 25.4. The molecule has 4 rings (SSSR count). The Morgan fingerprint density at radius 3 is 2.37 bits per heavy atom. The summed E-state index contributed by atoms with van der Waals surface area (Å²) in [7, 11) is 2.05. The maximum atomic E-state index is 12.4. The Morgan fingerprint density at radius 2 is 1.72 bits per heavy atom. The van der Waals surface area contributed by atoms with Crippen LogP contribution in [0, 0.1) is 5.92 Å². The van der Waals surface area contributed by atoms with Gasteiger partial charge in [-0.25, -0.2) is 0 Å². The van der Waals surface area contributed by atoms with Crippen molar-refractivity contribution >= 4 is 11.9 Å². The highest BCUT2D eigenvalue weighted by atomic mass is 16.7. The van der Waals surface area contributed by atoms with Crippen molar-refractivity contribution in [3.05, 3.63) is 108 Å². The molecule has 0 aliphatic carbocycles. The Bertz CT molecular complexity index is 1370. The van der Waals surface area contributed by atoms with E-state index in [2.05, 4.69) is 30.8 Å². The molecule has 43 heavy (non-hydrogen) atoms. The van der Waals surface area contributed by atoms with Gasteiger partial charge in [-0.05, 0) is 41.8 Å². The van der Waals surface area contributed by atoms with Gasteiger partial charge in [-0.1, -0.05) is 85.8 Å². The van der Waals surface area contributed by atoms with Crippen molar-refractivity contribution in [1.82, 2.24) is 10.2 Å². The predicted molar refractivity (Wildman–Crippen MR) is 166 cm³/mol. The maximum Gasteiger partial charge on any atom is 0.303 e. The Balaban J connectivity index is 1.54. The lowest BCUT2D eigenvalue weighted by Gasteiger charge is -2.42. The summed E-state index contributed by atoms with van der Waals surface area (Å²) in [5.74, 6) is -0.756. The molecule has 228 valence electrons. The fourth-order valence-electron chi connectivity index (χ4n) is 5.33. The van der Waals surface area contributed by atoms with E-state index in [-0.39, 0.29) is 30.6 Å². The summed E-state index contributed by atoms with van der Waals surface area (Å²) in [4.78, 5) is 25.8. The van der Waals surface area contributed by atoms with Gasteiger partial charge in [0.25, 0.3) is 5.91 Å². The van der Waals surface area contributed by atoms with Crippen LogP contribution in [0.1, 0.15) is 55.4 Å². The number of hydrogen-bond acceptors (Lipinski definition) is 7. The molecule has 5 atom stereocenters. The number of carbonyl (C=O) groups is 2. The molecule has 1 aliphatic rings. The Hall–Kier alpha value is -3.82. The number of esters is 1. The Kier molecular flexibility index (Phi) is 11.3. The molecule has 0 bridgehead atoms. The molecule has 0 saturated carbocycles. The number of benzene rings is 3. The molecule has 1 fully saturated rings. The molecule has 1 heterocycles. The molecule has 3 aromatic carbocycles. The summed E-state index contributed by atoms with van der Waals surface area (Å²) < 4.78 is 18.1. The van der Waals surface area contributed by atoms with Gasteiger partial charge in [0.05, 0.1) is 18.8 Å². The minimum absolute atomic E-state index is 0.00266. The summed E-state index contributed by atoms with van der Waals surface area (Å²) in [5, 5.41) is 12.4. The molecule has 1 saturated heterocycles. The van der Waals surface area contributed by atoms with Crippen LogP contribution < -0.4 is 5.32 Å². The van der Waals surface area contributed by atoms with Crippen LogP contribution in [-0.4, -0.2) is 54.2 Å². The highest BCUT2D eigenvalue weighted by molar-refractivity contribution is 5.83. The number of carbonyl (C=O) groups excluding carboxylic acids is 2. The van der Waals surface area contributed by atoms with E-state index < -0.39 is 18.4 Å². The quantitative estimate of drug-likeness (QED) is 0.219. The van der Waals surface area contributed by atoms with Gasteiger partial charge in [-0.2, -0.15) is 0 Å². The van der Waals surface area contributed by atoms with Gasteiger partial charge < -0.3 is 29.5 Å². The molecule has 1 aliphatic heterocycles.